The summed E-state index contributed by atoms with van der Waals surface area (Å²) in [6.45, 7) is 3.61. The van der Waals surface area contributed by atoms with Crippen LogP contribution in [0.3, 0.4) is 0 Å². The first kappa shape index (κ1) is 18.6. The highest BCUT2D eigenvalue weighted by molar-refractivity contribution is 6.31. The monoisotopic (exact) mass is 361 g/mol. The fourth-order valence-electron chi connectivity index (χ4n) is 2.21. The average molecular weight is 362 g/mol. The summed E-state index contributed by atoms with van der Waals surface area (Å²) < 4.78 is 5.29. The van der Waals surface area contributed by atoms with E-state index in [9.17, 15) is 9.59 Å². The van der Waals surface area contributed by atoms with Gasteiger partial charge in [0.1, 0.15) is 11.8 Å². The van der Waals surface area contributed by atoms with E-state index in [1.54, 1.807) is 37.3 Å². The number of methoxy groups -OCH3 is 1. The molecular formula is C18H20ClN3O3. The maximum Gasteiger partial charge on any atom is 0.248 e. The van der Waals surface area contributed by atoms with Crippen LogP contribution >= 0.6 is 11.6 Å². The smallest absolute Gasteiger partial charge is 0.248 e. The van der Waals surface area contributed by atoms with Gasteiger partial charge in [0.05, 0.1) is 12.8 Å². The van der Waals surface area contributed by atoms with Crippen molar-refractivity contribution in [3.63, 3.8) is 0 Å². The molecule has 25 heavy (non-hydrogen) atoms. The molecule has 0 aliphatic heterocycles. The lowest BCUT2D eigenvalue weighted by molar-refractivity contribution is -0.116. The zero-order valence-corrected chi connectivity index (χ0v) is 15.0. The maximum atomic E-state index is 12.4. The Hall–Kier alpha value is -2.73. The van der Waals surface area contributed by atoms with Crippen LogP contribution in [0.15, 0.2) is 36.4 Å². The number of nitrogens with two attached hydrogens (primary N) is 1. The number of anilines is 2. The molecule has 4 N–H and O–H groups in total. The van der Waals surface area contributed by atoms with Gasteiger partial charge in [0.25, 0.3) is 0 Å². The molecule has 132 valence electrons. The molecule has 2 aromatic rings. The summed E-state index contributed by atoms with van der Waals surface area (Å²) in [5.74, 6) is -0.194. The van der Waals surface area contributed by atoms with Gasteiger partial charge in [0, 0.05) is 22.3 Å². The lowest BCUT2D eigenvalue weighted by Gasteiger charge is -2.18. The highest BCUT2D eigenvalue weighted by Crippen LogP contribution is 2.31. The molecule has 0 radical (unpaired) electrons. The number of rotatable bonds is 6. The molecule has 2 rings (SSSR count). The molecule has 0 aliphatic rings. The SMILES string of the molecule is COc1cc(Cl)c(C)cc1N[C@@H](C)C(=O)Nc1ccc(C(N)=O)cc1. The summed E-state index contributed by atoms with van der Waals surface area (Å²) in [6.07, 6.45) is 0. The Kier molecular flexibility index (Phi) is 5.88. The number of aryl methyl sites for hydroxylation is 1. The Morgan fingerprint density at radius 1 is 1.20 bits per heavy atom. The van der Waals surface area contributed by atoms with Crippen LogP contribution in [0.25, 0.3) is 0 Å². The molecule has 0 spiro atoms. The summed E-state index contributed by atoms with van der Waals surface area (Å²) in [6, 6.07) is 9.36. The van der Waals surface area contributed by atoms with Gasteiger partial charge < -0.3 is 21.1 Å². The molecule has 2 amide bonds. The zero-order chi connectivity index (χ0) is 18.6. The number of ether oxygens (including phenoxy) is 1. The largest absolute Gasteiger partial charge is 0.495 e. The van der Waals surface area contributed by atoms with Crippen LogP contribution in [0.1, 0.15) is 22.8 Å². The number of benzene rings is 2. The van der Waals surface area contributed by atoms with Crippen LogP contribution in [-0.2, 0) is 4.79 Å². The molecule has 0 bridgehead atoms. The van der Waals surface area contributed by atoms with Crippen LogP contribution < -0.4 is 21.1 Å². The Morgan fingerprint density at radius 2 is 1.84 bits per heavy atom. The van der Waals surface area contributed by atoms with Crippen LogP contribution in [0.4, 0.5) is 11.4 Å². The van der Waals surface area contributed by atoms with Crippen molar-refractivity contribution < 1.29 is 14.3 Å². The lowest BCUT2D eigenvalue weighted by Crippen LogP contribution is -2.32. The summed E-state index contributed by atoms with van der Waals surface area (Å²) in [5.41, 5.74) is 7.70. The van der Waals surface area contributed by atoms with Crippen molar-refractivity contribution in [2.45, 2.75) is 19.9 Å². The summed E-state index contributed by atoms with van der Waals surface area (Å²) in [4.78, 5) is 23.4. The van der Waals surface area contributed by atoms with Gasteiger partial charge in [-0.25, -0.2) is 0 Å². The Morgan fingerprint density at radius 3 is 2.40 bits per heavy atom. The maximum absolute atomic E-state index is 12.4. The summed E-state index contributed by atoms with van der Waals surface area (Å²) >= 11 is 6.09. The molecule has 0 heterocycles. The van der Waals surface area contributed by atoms with Gasteiger partial charge in [-0.15, -0.1) is 0 Å². The molecule has 0 aromatic heterocycles. The number of hydrogen-bond donors (Lipinski definition) is 3. The number of nitrogens with one attached hydrogen (secondary N) is 2. The van der Waals surface area contributed by atoms with E-state index in [-0.39, 0.29) is 5.91 Å². The first-order valence-corrected chi connectivity index (χ1v) is 8.01. The minimum absolute atomic E-state index is 0.235. The normalized spacial score (nSPS) is 11.5. The molecule has 6 nitrogen and oxygen atoms in total. The van der Waals surface area contributed by atoms with Gasteiger partial charge in [-0.2, -0.15) is 0 Å². The second-order valence-electron chi connectivity index (χ2n) is 5.60. The number of halogens is 1. The fourth-order valence-corrected chi connectivity index (χ4v) is 2.37. The quantitative estimate of drug-likeness (QED) is 0.736. The number of amides is 2. The third-order valence-corrected chi connectivity index (χ3v) is 4.09. The van der Waals surface area contributed by atoms with E-state index in [0.717, 1.165) is 5.56 Å². The molecular weight excluding hydrogens is 342 g/mol. The Balaban J connectivity index is 2.07. The van der Waals surface area contributed by atoms with Crippen LogP contribution in [0.2, 0.25) is 5.02 Å². The topological polar surface area (TPSA) is 93.4 Å². The molecule has 1 atom stereocenters. The molecule has 0 saturated heterocycles. The molecule has 0 fully saturated rings. The van der Waals surface area contributed by atoms with Gasteiger partial charge in [0.15, 0.2) is 0 Å². The van der Waals surface area contributed by atoms with E-state index in [4.69, 9.17) is 22.1 Å². The van der Waals surface area contributed by atoms with Crippen molar-refractivity contribution in [3.05, 3.63) is 52.5 Å². The molecule has 7 heteroatoms. The third kappa shape index (κ3) is 4.64. The molecule has 0 unspecified atom stereocenters. The fraction of sp³-hybridized carbons (Fsp3) is 0.222. The second-order valence-corrected chi connectivity index (χ2v) is 6.01. The van der Waals surface area contributed by atoms with Crippen molar-refractivity contribution in [1.29, 1.82) is 0 Å². The highest BCUT2D eigenvalue weighted by atomic mass is 35.5. The second kappa shape index (κ2) is 7.90. The first-order valence-electron chi connectivity index (χ1n) is 7.63. The zero-order valence-electron chi connectivity index (χ0n) is 14.2. The first-order chi connectivity index (χ1) is 11.8. The van der Waals surface area contributed by atoms with E-state index in [0.29, 0.717) is 27.7 Å². The van der Waals surface area contributed by atoms with E-state index in [1.807, 2.05) is 13.0 Å². The van der Waals surface area contributed by atoms with E-state index >= 15 is 0 Å². The van der Waals surface area contributed by atoms with Crippen LogP contribution in [-0.4, -0.2) is 25.0 Å². The predicted molar refractivity (Wildman–Crippen MR) is 99.4 cm³/mol. The predicted octanol–water partition coefficient (Wildman–Crippen LogP) is 3.20. The van der Waals surface area contributed by atoms with Crippen LogP contribution in [0, 0.1) is 6.92 Å². The van der Waals surface area contributed by atoms with Crippen LogP contribution in [0.5, 0.6) is 5.75 Å². The van der Waals surface area contributed by atoms with E-state index in [2.05, 4.69) is 10.6 Å². The molecule has 2 aromatic carbocycles. The number of hydrogen-bond acceptors (Lipinski definition) is 4. The van der Waals surface area contributed by atoms with Gasteiger partial charge in [-0.1, -0.05) is 11.6 Å². The summed E-state index contributed by atoms with van der Waals surface area (Å²) in [5, 5.41) is 6.47. The summed E-state index contributed by atoms with van der Waals surface area (Å²) in [7, 11) is 1.54. The number of primary amides is 1. The number of carbonyl (C=O) groups excluding carboxylic acids is 2. The molecule has 0 aliphatic carbocycles. The van der Waals surface area contributed by atoms with E-state index in [1.165, 1.54) is 7.11 Å². The van der Waals surface area contributed by atoms with Crippen molar-refractivity contribution in [1.82, 2.24) is 0 Å². The Bertz CT molecular complexity index is 791. The Labute approximate surface area is 151 Å². The standard InChI is InChI=1S/C18H20ClN3O3/c1-10-8-15(16(25-3)9-14(10)19)21-11(2)18(24)22-13-6-4-12(5-7-13)17(20)23/h4-9,11,21H,1-3H3,(H2,20,23)(H,22,24)/t11-/m0/s1. The number of carbonyl (C=O) groups is 2. The lowest BCUT2D eigenvalue weighted by atomic mass is 10.1. The third-order valence-electron chi connectivity index (χ3n) is 3.68. The molecule has 0 saturated carbocycles. The average Bonchev–Trinajstić information content (AvgIpc) is 2.58. The van der Waals surface area contributed by atoms with Gasteiger partial charge in [-0.3, -0.25) is 9.59 Å². The minimum Gasteiger partial charge on any atom is -0.495 e. The van der Waals surface area contributed by atoms with Crippen molar-refractivity contribution in [3.8, 4) is 5.75 Å². The van der Waals surface area contributed by atoms with Gasteiger partial charge in [0.2, 0.25) is 11.8 Å². The minimum atomic E-state index is -0.523. The van der Waals surface area contributed by atoms with Gasteiger partial charge >= 0.3 is 0 Å². The van der Waals surface area contributed by atoms with Crippen molar-refractivity contribution in [2.75, 3.05) is 17.7 Å². The van der Waals surface area contributed by atoms with Crippen molar-refractivity contribution >= 4 is 34.8 Å². The van der Waals surface area contributed by atoms with E-state index < -0.39 is 11.9 Å². The van der Waals surface area contributed by atoms with Gasteiger partial charge in [-0.05, 0) is 49.7 Å². The van der Waals surface area contributed by atoms with Crippen molar-refractivity contribution in [2.24, 2.45) is 5.73 Å². The highest BCUT2D eigenvalue weighted by Gasteiger charge is 2.16.